The number of hydrogen-bond acceptors (Lipinski definition) is 2. The molecule has 0 saturated heterocycles. The second-order valence-electron chi connectivity index (χ2n) is 5.21. The molecule has 0 N–H and O–H groups in total. The molecule has 2 nitrogen and oxygen atoms in total. The molecule has 0 aromatic heterocycles. The lowest BCUT2D eigenvalue weighted by Crippen LogP contribution is -2.06. The molecule has 0 spiro atoms. The van der Waals surface area contributed by atoms with Crippen LogP contribution in [0.1, 0.15) is 84.0 Å². The molecule has 0 fully saturated rings. The van der Waals surface area contributed by atoms with Crippen LogP contribution in [0.5, 0.6) is 0 Å². The smallest absolute Gasteiger partial charge is 0.305 e. The average molecular weight is 287 g/mol. The van der Waals surface area contributed by atoms with Gasteiger partial charge in [0.2, 0.25) is 0 Å². The zero-order valence-electron chi connectivity index (χ0n) is 12.6. The summed E-state index contributed by atoms with van der Waals surface area (Å²) in [5.41, 5.74) is 0. The molecular weight excluding hydrogens is 256 g/mol. The number of carbonyl (C=O) groups excluding carboxylic acids is 1. The molecule has 0 aliphatic carbocycles. The molecular formula is C16H31O2S. The highest BCUT2D eigenvalue weighted by Crippen LogP contribution is 2.12. The Hall–Kier alpha value is -0.180. The largest absolute Gasteiger partial charge is 0.465 e. The number of carbonyl (C=O) groups is 1. The molecule has 0 rings (SSSR count). The Bertz CT molecular complexity index is 195. The summed E-state index contributed by atoms with van der Waals surface area (Å²) in [5, 5.41) is 0. The number of ether oxygens (including phenoxy) is 1. The number of esters is 1. The van der Waals surface area contributed by atoms with E-state index >= 15 is 0 Å². The van der Waals surface area contributed by atoms with E-state index in [1.54, 1.807) is 0 Å². The van der Waals surface area contributed by atoms with E-state index in [9.17, 15) is 4.79 Å². The number of hydrogen-bond donors (Lipinski definition) is 0. The zero-order chi connectivity index (χ0) is 14.2. The summed E-state index contributed by atoms with van der Waals surface area (Å²) >= 11 is 4.72. The van der Waals surface area contributed by atoms with E-state index in [1.165, 1.54) is 57.8 Å². The second kappa shape index (κ2) is 15.9. The van der Waals surface area contributed by atoms with Crippen molar-refractivity contribution >= 4 is 18.6 Å². The molecule has 0 heterocycles. The van der Waals surface area contributed by atoms with E-state index in [1.807, 2.05) is 0 Å². The van der Waals surface area contributed by atoms with Crippen LogP contribution >= 0.6 is 12.6 Å². The lowest BCUT2D eigenvalue weighted by molar-refractivity contribution is -0.143. The van der Waals surface area contributed by atoms with Gasteiger partial charge in [0.05, 0.1) is 0 Å². The van der Waals surface area contributed by atoms with E-state index in [-0.39, 0.29) is 5.97 Å². The van der Waals surface area contributed by atoms with Crippen LogP contribution in [0.3, 0.4) is 0 Å². The van der Waals surface area contributed by atoms with Crippen LogP contribution in [0.25, 0.3) is 0 Å². The molecule has 0 amide bonds. The molecule has 0 aliphatic heterocycles. The number of rotatable bonds is 14. The van der Waals surface area contributed by atoms with Crippen molar-refractivity contribution in [1.29, 1.82) is 0 Å². The van der Waals surface area contributed by atoms with Crippen LogP contribution in [0, 0.1) is 0 Å². The standard InChI is InChI=1S/C16H31O2S/c1-2-3-4-5-6-7-8-9-10-11-12-13-16(17)18-14-15-19/h2-15H2,1H3. The minimum Gasteiger partial charge on any atom is -0.465 e. The van der Waals surface area contributed by atoms with Crippen molar-refractivity contribution in [3.8, 4) is 0 Å². The number of unbranched alkanes of at least 4 members (excludes halogenated alkanes) is 10. The van der Waals surface area contributed by atoms with Gasteiger partial charge in [-0.3, -0.25) is 4.79 Å². The highest BCUT2D eigenvalue weighted by molar-refractivity contribution is 7.80. The van der Waals surface area contributed by atoms with E-state index in [2.05, 4.69) is 6.92 Å². The third-order valence-electron chi connectivity index (χ3n) is 3.33. The Balaban J connectivity index is 3.04. The van der Waals surface area contributed by atoms with Gasteiger partial charge in [-0.15, -0.1) is 0 Å². The maximum Gasteiger partial charge on any atom is 0.305 e. The molecule has 0 aromatic carbocycles. The lowest BCUT2D eigenvalue weighted by Gasteiger charge is -2.03. The Morgan fingerprint density at radius 3 is 1.79 bits per heavy atom. The van der Waals surface area contributed by atoms with Gasteiger partial charge in [-0.2, -0.15) is 0 Å². The minimum absolute atomic E-state index is 0.0826. The summed E-state index contributed by atoms with van der Waals surface area (Å²) in [6.45, 7) is 2.65. The molecule has 0 aliphatic rings. The van der Waals surface area contributed by atoms with Crippen molar-refractivity contribution in [2.45, 2.75) is 84.0 Å². The average Bonchev–Trinajstić information content (AvgIpc) is 2.42. The van der Waals surface area contributed by atoms with E-state index < -0.39 is 0 Å². The Morgan fingerprint density at radius 1 is 0.842 bits per heavy atom. The topological polar surface area (TPSA) is 26.3 Å². The Labute approximate surface area is 125 Å². The first kappa shape index (κ1) is 18.8. The molecule has 1 radical (unpaired) electrons. The summed E-state index contributed by atoms with van der Waals surface area (Å²) < 4.78 is 4.94. The van der Waals surface area contributed by atoms with Gasteiger partial charge in [-0.05, 0) is 6.42 Å². The van der Waals surface area contributed by atoms with Gasteiger partial charge in [-0.1, -0.05) is 83.8 Å². The molecule has 113 valence electrons. The quantitative estimate of drug-likeness (QED) is 0.314. The Kier molecular flexibility index (Phi) is 15.7. The first-order valence-electron chi connectivity index (χ1n) is 8.05. The van der Waals surface area contributed by atoms with Crippen molar-refractivity contribution in [1.82, 2.24) is 0 Å². The van der Waals surface area contributed by atoms with Gasteiger partial charge in [0, 0.05) is 12.2 Å². The summed E-state index contributed by atoms with van der Waals surface area (Å²) in [6.07, 6.45) is 14.9. The predicted octanol–water partition coefficient (Wildman–Crippen LogP) is 5.43. The fourth-order valence-electron chi connectivity index (χ4n) is 2.16. The Morgan fingerprint density at radius 2 is 1.32 bits per heavy atom. The summed E-state index contributed by atoms with van der Waals surface area (Å²) in [6, 6.07) is 0. The van der Waals surface area contributed by atoms with E-state index in [4.69, 9.17) is 17.4 Å². The van der Waals surface area contributed by atoms with Gasteiger partial charge < -0.3 is 4.74 Å². The summed E-state index contributed by atoms with van der Waals surface area (Å²) in [5.74, 6) is 0.421. The molecule has 0 saturated carbocycles. The second-order valence-corrected chi connectivity index (χ2v) is 5.62. The third-order valence-corrected chi connectivity index (χ3v) is 3.50. The molecule has 0 bridgehead atoms. The first-order chi connectivity index (χ1) is 9.31. The van der Waals surface area contributed by atoms with Crippen molar-refractivity contribution in [2.75, 3.05) is 12.4 Å². The SMILES string of the molecule is CCCCCCCCCCCCCC(=O)OCC[S]. The van der Waals surface area contributed by atoms with Crippen LogP contribution in [0.2, 0.25) is 0 Å². The fourth-order valence-corrected chi connectivity index (χ4v) is 2.24. The van der Waals surface area contributed by atoms with Crippen LogP contribution in [-0.2, 0) is 9.53 Å². The summed E-state index contributed by atoms with van der Waals surface area (Å²) in [4.78, 5) is 11.2. The lowest BCUT2D eigenvalue weighted by atomic mass is 10.1. The fraction of sp³-hybridized carbons (Fsp3) is 0.938. The van der Waals surface area contributed by atoms with Gasteiger partial charge in [0.25, 0.3) is 0 Å². The molecule has 3 heteroatoms. The van der Waals surface area contributed by atoms with Crippen LogP contribution in [0.4, 0.5) is 0 Å². The maximum atomic E-state index is 11.2. The summed E-state index contributed by atoms with van der Waals surface area (Å²) in [7, 11) is 0. The normalized spacial score (nSPS) is 10.6. The maximum absolute atomic E-state index is 11.2. The molecule has 0 unspecified atom stereocenters. The highest BCUT2D eigenvalue weighted by atomic mass is 32.1. The van der Waals surface area contributed by atoms with Crippen LogP contribution in [-0.4, -0.2) is 18.3 Å². The zero-order valence-corrected chi connectivity index (χ0v) is 13.4. The highest BCUT2D eigenvalue weighted by Gasteiger charge is 2.01. The van der Waals surface area contributed by atoms with Crippen LogP contribution < -0.4 is 0 Å². The molecule has 0 aromatic rings. The third kappa shape index (κ3) is 15.8. The van der Waals surface area contributed by atoms with Gasteiger partial charge in [-0.25, -0.2) is 0 Å². The van der Waals surface area contributed by atoms with Gasteiger partial charge in [0.1, 0.15) is 6.61 Å². The molecule has 0 atom stereocenters. The van der Waals surface area contributed by atoms with Crippen LogP contribution in [0.15, 0.2) is 0 Å². The van der Waals surface area contributed by atoms with Crippen molar-refractivity contribution in [3.05, 3.63) is 0 Å². The van der Waals surface area contributed by atoms with E-state index in [0.717, 1.165) is 12.8 Å². The van der Waals surface area contributed by atoms with Crippen molar-refractivity contribution in [2.24, 2.45) is 0 Å². The van der Waals surface area contributed by atoms with Gasteiger partial charge >= 0.3 is 5.97 Å². The minimum atomic E-state index is -0.0826. The van der Waals surface area contributed by atoms with Crippen molar-refractivity contribution < 1.29 is 9.53 Å². The van der Waals surface area contributed by atoms with Gasteiger partial charge in [0.15, 0.2) is 0 Å². The molecule has 19 heavy (non-hydrogen) atoms. The van der Waals surface area contributed by atoms with E-state index in [0.29, 0.717) is 18.8 Å². The monoisotopic (exact) mass is 287 g/mol. The van der Waals surface area contributed by atoms with Crippen molar-refractivity contribution in [3.63, 3.8) is 0 Å². The predicted molar refractivity (Wildman–Crippen MR) is 84.5 cm³/mol. The first-order valence-corrected chi connectivity index (χ1v) is 8.62.